The molecule has 0 saturated carbocycles. The maximum absolute atomic E-state index is 12.1. The largest absolute Gasteiger partial charge is 0.467 e. The van der Waals surface area contributed by atoms with Crippen molar-refractivity contribution >= 4 is 5.91 Å². The Bertz CT molecular complexity index is 823. The topological polar surface area (TPSA) is 51.5 Å². The van der Waals surface area contributed by atoms with Crippen LogP contribution in [0.5, 0.6) is 0 Å². The minimum absolute atomic E-state index is 0.0216. The standard InChI is InChI=1S/C22H23NO3/c1-17-7-9-18(10-8-17)13-22(24)23-14-19-4-2-5-20(12-19)15-25-16-21-6-3-11-26-21/h2-12H,13-16H2,1H3,(H,23,24). The highest BCUT2D eigenvalue weighted by Gasteiger charge is 2.04. The molecule has 1 N–H and O–H groups in total. The summed E-state index contributed by atoms with van der Waals surface area (Å²) in [6.07, 6.45) is 2.03. The van der Waals surface area contributed by atoms with Crippen molar-refractivity contribution in [1.82, 2.24) is 5.32 Å². The Balaban J connectivity index is 1.45. The van der Waals surface area contributed by atoms with Gasteiger partial charge < -0.3 is 14.5 Å². The van der Waals surface area contributed by atoms with Gasteiger partial charge >= 0.3 is 0 Å². The van der Waals surface area contributed by atoms with Gasteiger partial charge in [0.1, 0.15) is 12.4 Å². The van der Waals surface area contributed by atoms with E-state index in [9.17, 15) is 4.79 Å². The highest BCUT2D eigenvalue weighted by molar-refractivity contribution is 5.78. The van der Waals surface area contributed by atoms with E-state index in [2.05, 4.69) is 5.32 Å². The van der Waals surface area contributed by atoms with E-state index < -0.39 is 0 Å². The van der Waals surface area contributed by atoms with Crippen molar-refractivity contribution in [2.75, 3.05) is 0 Å². The number of amides is 1. The van der Waals surface area contributed by atoms with E-state index in [4.69, 9.17) is 9.15 Å². The van der Waals surface area contributed by atoms with Gasteiger partial charge in [-0.05, 0) is 35.7 Å². The SMILES string of the molecule is Cc1ccc(CC(=O)NCc2cccc(COCc3ccco3)c2)cc1. The molecule has 0 aliphatic heterocycles. The van der Waals surface area contributed by atoms with Crippen LogP contribution in [-0.2, 0) is 35.7 Å². The summed E-state index contributed by atoms with van der Waals surface area (Å²) in [5.41, 5.74) is 4.34. The predicted octanol–water partition coefficient (Wildman–Crippen LogP) is 4.16. The third-order valence-electron chi connectivity index (χ3n) is 4.06. The molecule has 3 aromatic rings. The summed E-state index contributed by atoms with van der Waals surface area (Å²) in [5, 5.41) is 2.97. The number of benzene rings is 2. The van der Waals surface area contributed by atoms with Crippen LogP contribution in [0.25, 0.3) is 0 Å². The van der Waals surface area contributed by atoms with Crippen molar-refractivity contribution in [2.45, 2.75) is 33.1 Å². The summed E-state index contributed by atoms with van der Waals surface area (Å²) in [6, 6.07) is 19.8. The molecule has 1 amide bonds. The molecule has 0 aliphatic carbocycles. The van der Waals surface area contributed by atoms with E-state index in [1.807, 2.05) is 67.6 Å². The fourth-order valence-corrected chi connectivity index (χ4v) is 2.65. The van der Waals surface area contributed by atoms with Gasteiger partial charge in [0.25, 0.3) is 0 Å². The van der Waals surface area contributed by atoms with Crippen LogP contribution in [0.15, 0.2) is 71.3 Å². The van der Waals surface area contributed by atoms with E-state index in [0.717, 1.165) is 22.5 Å². The summed E-state index contributed by atoms with van der Waals surface area (Å²) in [6.45, 7) is 3.50. The maximum Gasteiger partial charge on any atom is 0.224 e. The third kappa shape index (κ3) is 5.60. The second-order valence-electron chi connectivity index (χ2n) is 6.33. The Morgan fingerprint density at radius 2 is 1.77 bits per heavy atom. The minimum Gasteiger partial charge on any atom is -0.467 e. The molecule has 0 unspecified atom stereocenters. The molecule has 2 aromatic carbocycles. The molecule has 0 aliphatic rings. The van der Waals surface area contributed by atoms with E-state index in [1.54, 1.807) is 6.26 Å². The third-order valence-corrected chi connectivity index (χ3v) is 4.06. The Morgan fingerprint density at radius 3 is 2.54 bits per heavy atom. The highest BCUT2D eigenvalue weighted by atomic mass is 16.5. The van der Waals surface area contributed by atoms with Gasteiger partial charge in [0, 0.05) is 6.54 Å². The number of carbonyl (C=O) groups excluding carboxylic acids is 1. The minimum atomic E-state index is 0.0216. The number of furan rings is 1. The molecule has 4 heteroatoms. The number of aryl methyl sites for hydroxylation is 1. The first kappa shape index (κ1) is 18.0. The van der Waals surface area contributed by atoms with Gasteiger partial charge in [-0.2, -0.15) is 0 Å². The first-order valence-electron chi connectivity index (χ1n) is 8.69. The Morgan fingerprint density at radius 1 is 0.962 bits per heavy atom. The van der Waals surface area contributed by atoms with Gasteiger partial charge in [-0.15, -0.1) is 0 Å². The number of ether oxygens (including phenoxy) is 1. The van der Waals surface area contributed by atoms with Crippen LogP contribution in [0.3, 0.4) is 0 Å². The predicted molar refractivity (Wildman–Crippen MR) is 100 cm³/mol. The van der Waals surface area contributed by atoms with Gasteiger partial charge in [-0.3, -0.25) is 4.79 Å². The lowest BCUT2D eigenvalue weighted by Crippen LogP contribution is -2.24. The molecular formula is C22H23NO3. The summed E-state index contributed by atoms with van der Waals surface area (Å²) in [5.74, 6) is 0.831. The summed E-state index contributed by atoms with van der Waals surface area (Å²) in [7, 11) is 0. The molecule has 0 atom stereocenters. The van der Waals surface area contributed by atoms with Gasteiger partial charge in [-0.1, -0.05) is 54.1 Å². The lowest BCUT2D eigenvalue weighted by Gasteiger charge is -2.08. The first-order chi connectivity index (χ1) is 12.7. The number of hydrogen-bond acceptors (Lipinski definition) is 3. The highest BCUT2D eigenvalue weighted by Crippen LogP contribution is 2.10. The fourth-order valence-electron chi connectivity index (χ4n) is 2.65. The maximum atomic E-state index is 12.1. The lowest BCUT2D eigenvalue weighted by atomic mass is 10.1. The molecule has 3 rings (SSSR count). The van der Waals surface area contributed by atoms with Crippen molar-refractivity contribution in [3.05, 3.63) is 94.9 Å². The molecule has 134 valence electrons. The number of nitrogens with one attached hydrogen (secondary N) is 1. The Labute approximate surface area is 153 Å². The molecule has 1 heterocycles. The van der Waals surface area contributed by atoms with Gasteiger partial charge in [-0.25, -0.2) is 0 Å². The van der Waals surface area contributed by atoms with Crippen LogP contribution in [0.1, 0.15) is 28.0 Å². The van der Waals surface area contributed by atoms with E-state index in [0.29, 0.717) is 26.2 Å². The normalized spacial score (nSPS) is 10.7. The smallest absolute Gasteiger partial charge is 0.224 e. The summed E-state index contributed by atoms with van der Waals surface area (Å²) < 4.78 is 10.9. The van der Waals surface area contributed by atoms with E-state index in [1.165, 1.54) is 5.56 Å². The van der Waals surface area contributed by atoms with Crippen LogP contribution in [0.4, 0.5) is 0 Å². The summed E-state index contributed by atoms with van der Waals surface area (Å²) >= 11 is 0. The van der Waals surface area contributed by atoms with Crippen molar-refractivity contribution in [1.29, 1.82) is 0 Å². The van der Waals surface area contributed by atoms with Crippen LogP contribution in [0.2, 0.25) is 0 Å². The van der Waals surface area contributed by atoms with Crippen LogP contribution < -0.4 is 5.32 Å². The van der Waals surface area contributed by atoms with E-state index >= 15 is 0 Å². The van der Waals surface area contributed by atoms with Crippen molar-refractivity contribution in [3.63, 3.8) is 0 Å². The van der Waals surface area contributed by atoms with Gasteiger partial charge in [0.2, 0.25) is 5.91 Å². The number of rotatable bonds is 8. The number of hydrogen-bond donors (Lipinski definition) is 1. The zero-order valence-corrected chi connectivity index (χ0v) is 14.9. The first-order valence-corrected chi connectivity index (χ1v) is 8.69. The summed E-state index contributed by atoms with van der Waals surface area (Å²) in [4.78, 5) is 12.1. The average molecular weight is 349 g/mol. The molecule has 0 radical (unpaired) electrons. The molecule has 0 fully saturated rings. The lowest BCUT2D eigenvalue weighted by molar-refractivity contribution is -0.120. The van der Waals surface area contributed by atoms with Crippen LogP contribution in [-0.4, -0.2) is 5.91 Å². The van der Waals surface area contributed by atoms with E-state index in [-0.39, 0.29) is 5.91 Å². The zero-order valence-electron chi connectivity index (χ0n) is 14.9. The molecule has 0 spiro atoms. The quantitative estimate of drug-likeness (QED) is 0.664. The fraction of sp³-hybridized carbons (Fsp3) is 0.227. The zero-order chi connectivity index (χ0) is 18.2. The average Bonchev–Trinajstić information content (AvgIpc) is 3.16. The molecule has 0 bridgehead atoms. The molecule has 1 aromatic heterocycles. The van der Waals surface area contributed by atoms with Crippen molar-refractivity contribution in [3.8, 4) is 0 Å². The van der Waals surface area contributed by atoms with Crippen LogP contribution >= 0.6 is 0 Å². The van der Waals surface area contributed by atoms with Crippen molar-refractivity contribution in [2.24, 2.45) is 0 Å². The van der Waals surface area contributed by atoms with Gasteiger partial charge in [0.05, 0.1) is 19.3 Å². The van der Waals surface area contributed by atoms with Crippen LogP contribution in [0, 0.1) is 6.92 Å². The van der Waals surface area contributed by atoms with Gasteiger partial charge in [0.15, 0.2) is 0 Å². The number of carbonyl (C=O) groups is 1. The molecule has 0 saturated heterocycles. The molecule has 4 nitrogen and oxygen atoms in total. The molecule has 26 heavy (non-hydrogen) atoms. The monoisotopic (exact) mass is 349 g/mol. The Hall–Kier alpha value is -2.85. The molecular weight excluding hydrogens is 326 g/mol. The van der Waals surface area contributed by atoms with Crippen molar-refractivity contribution < 1.29 is 13.9 Å². The Kier molecular flexibility index (Phi) is 6.23. The second kappa shape index (κ2) is 9.02. The second-order valence-corrected chi connectivity index (χ2v) is 6.33.